The second-order valence-electron chi connectivity index (χ2n) is 13.3. The molecule has 3 saturated heterocycles. The fourth-order valence-corrected chi connectivity index (χ4v) is 6.61. The highest BCUT2D eigenvalue weighted by molar-refractivity contribution is 5.95. The van der Waals surface area contributed by atoms with E-state index in [0.29, 0.717) is 25.3 Å². The van der Waals surface area contributed by atoms with E-state index in [1.165, 1.54) is 5.69 Å². The number of hydrogen-bond acceptors (Lipinski definition) is 9. The molecule has 3 atom stereocenters. The lowest BCUT2D eigenvalue weighted by atomic mass is 10.1. The molecule has 3 aliphatic rings. The van der Waals surface area contributed by atoms with E-state index in [1.807, 2.05) is 32.9 Å². The first-order valence-electron chi connectivity index (χ1n) is 16.0. The lowest BCUT2D eigenvalue weighted by Crippen LogP contribution is -2.54. The highest BCUT2D eigenvalue weighted by atomic mass is 16.6. The molecule has 1 amide bonds. The number of hydrogen-bond donors (Lipinski definition) is 0. The van der Waals surface area contributed by atoms with Crippen molar-refractivity contribution >= 4 is 28.4 Å². The third-order valence-corrected chi connectivity index (χ3v) is 8.69. The molecule has 1 aromatic heterocycles. The predicted molar refractivity (Wildman–Crippen MR) is 175 cm³/mol. The summed E-state index contributed by atoms with van der Waals surface area (Å²) < 4.78 is 18.1. The van der Waals surface area contributed by atoms with E-state index in [4.69, 9.17) is 14.2 Å². The molecule has 0 spiro atoms. The number of anilines is 2. The minimum atomic E-state index is -0.523. The van der Waals surface area contributed by atoms with Gasteiger partial charge in [0.15, 0.2) is 0 Å². The van der Waals surface area contributed by atoms with Crippen molar-refractivity contribution in [3.05, 3.63) is 65.9 Å². The van der Waals surface area contributed by atoms with Crippen molar-refractivity contribution in [2.24, 2.45) is 0 Å². The molecule has 3 aromatic rings. The lowest BCUT2D eigenvalue weighted by molar-refractivity contribution is -0.0432. The van der Waals surface area contributed by atoms with Gasteiger partial charge in [-0.05, 0) is 69.7 Å². The Morgan fingerprint density at radius 3 is 2.62 bits per heavy atom. The maximum atomic E-state index is 12.7. The third-order valence-electron chi connectivity index (χ3n) is 8.69. The average Bonchev–Trinajstić information content (AvgIpc) is 3.03. The molecule has 0 N–H and O–H groups in total. The van der Waals surface area contributed by atoms with Crippen LogP contribution < -0.4 is 9.80 Å². The molecular formula is C35H44N6O4. The summed E-state index contributed by atoms with van der Waals surface area (Å²) in [4.78, 5) is 26.3. The quantitative estimate of drug-likeness (QED) is 0.402. The van der Waals surface area contributed by atoms with Crippen LogP contribution in [-0.2, 0) is 14.2 Å². The largest absolute Gasteiger partial charge is 0.444 e. The molecule has 238 valence electrons. The zero-order valence-electron chi connectivity index (χ0n) is 26.8. The highest BCUT2D eigenvalue weighted by Crippen LogP contribution is 2.31. The summed E-state index contributed by atoms with van der Waals surface area (Å²) >= 11 is 0. The molecule has 0 aliphatic carbocycles. The van der Waals surface area contributed by atoms with E-state index in [9.17, 15) is 10.1 Å². The molecule has 2 aromatic carbocycles. The average molecular weight is 613 g/mol. The van der Waals surface area contributed by atoms with Crippen molar-refractivity contribution in [3.63, 3.8) is 0 Å². The van der Waals surface area contributed by atoms with Crippen molar-refractivity contribution in [2.75, 3.05) is 75.3 Å². The van der Waals surface area contributed by atoms with Crippen LogP contribution in [0.15, 0.2) is 54.7 Å². The number of carbonyl (C=O) groups excluding carboxylic acids is 1. The van der Waals surface area contributed by atoms with Gasteiger partial charge < -0.3 is 28.9 Å². The third kappa shape index (κ3) is 7.33. The number of ether oxygens (including phenoxy) is 3. The van der Waals surface area contributed by atoms with Crippen LogP contribution >= 0.6 is 0 Å². The number of benzene rings is 2. The number of piperazine rings is 1. The maximum absolute atomic E-state index is 12.7. The van der Waals surface area contributed by atoms with Crippen molar-refractivity contribution in [3.8, 4) is 6.07 Å². The minimum Gasteiger partial charge on any atom is -0.444 e. The Hall–Kier alpha value is -3.91. The zero-order valence-corrected chi connectivity index (χ0v) is 26.8. The molecule has 4 heterocycles. The van der Waals surface area contributed by atoms with E-state index >= 15 is 0 Å². The summed E-state index contributed by atoms with van der Waals surface area (Å²) in [5.74, 6) is 0. The standard InChI is InChI=1S/C35H44N6O4/c1-25-21-41(31-11-10-27(20-36)33-30(31)9-6-12-37-33)23-29(44-25)22-38-13-15-39(16-14-38)28-8-5-7-26(19-28)32-24-40(17-18-43-32)34(42)45-35(2,3)4/h5-12,19,25,29,32H,13-18,21-24H2,1-4H3/t25-,29+,32?/m1/s1. The Labute approximate surface area is 266 Å². The maximum Gasteiger partial charge on any atom is 0.410 e. The first-order chi connectivity index (χ1) is 21.7. The SMILES string of the molecule is C[C@@H]1CN(c2ccc(C#N)c3ncccc23)C[C@H](CN2CCN(c3cccc(C4CN(C(=O)OC(C)(C)C)CCO4)c3)CC2)O1. The van der Waals surface area contributed by atoms with Crippen molar-refractivity contribution in [2.45, 2.75) is 51.6 Å². The highest BCUT2D eigenvalue weighted by Gasteiger charge is 2.31. The second kappa shape index (κ2) is 13.2. The number of carbonyl (C=O) groups is 1. The first-order valence-corrected chi connectivity index (χ1v) is 16.0. The molecule has 3 fully saturated rings. The van der Waals surface area contributed by atoms with Gasteiger partial charge in [-0.1, -0.05) is 12.1 Å². The number of fused-ring (bicyclic) bond motifs is 1. The number of amides is 1. The number of rotatable bonds is 5. The number of aromatic nitrogens is 1. The van der Waals surface area contributed by atoms with Gasteiger partial charge in [0.25, 0.3) is 0 Å². The van der Waals surface area contributed by atoms with Gasteiger partial charge in [-0.25, -0.2) is 4.79 Å². The second-order valence-corrected chi connectivity index (χ2v) is 13.3. The summed E-state index contributed by atoms with van der Waals surface area (Å²) in [6.45, 7) is 15.5. The molecule has 0 radical (unpaired) electrons. The Kier molecular flexibility index (Phi) is 9.13. The summed E-state index contributed by atoms with van der Waals surface area (Å²) in [5, 5.41) is 10.6. The van der Waals surface area contributed by atoms with E-state index in [1.54, 1.807) is 11.1 Å². The predicted octanol–water partition coefficient (Wildman–Crippen LogP) is 4.83. The van der Waals surface area contributed by atoms with E-state index in [2.05, 4.69) is 69.1 Å². The molecule has 0 saturated carbocycles. The Balaban J connectivity index is 1.05. The molecule has 3 aliphatic heterocycles. The van der Waals surface area contributed by atoms with Gasteiger partial charge in [-0.3, -0.25) is 9.88 Å². The van der Waals surface area contributed by atoms with Gasteiger partial charge in [0.1, 0.15) is 17.8 Å². The monoisotopic (exact) mass is 612 g/mol. The molecule has 1 unspecified atom stereocenters. The van der Waals surface area contributed by atoms with Crippen LogP contribution in [0.4, 0.5) is 16.2 Å². The molecule has 10 nitrogen and oxygen atoms in total. The fraction of sp³-hybridized carbons (Fsp3) is 0.514. The summed E-state index contributed by atoms with van der Waals surface area (Å²) in [6.07, 6.45) is 1.47. The van der Waals surface area contributed by atoms with Crippen LogP contribution in [0.5, 0.6) is 0 Å². The lowest BCUT2D eigenvalue weighted by Gasteiger charge is -2.42. The number of morpholine rings is 2. The minimum absolute atomic E-state index is 0.0855. The summed E-state index contributed by atoms with van der Waals surface area (Å²) in [7, 11) is 0. The van der Waals surface area contributed by atoms with Gasteiger partial charge in [-0.2, -0.15) is 5.26 Å². The number of nitriles is 1. The van der Waals surface area contributed by atoms with Crippen LogP contribution in [0.3, 0.4) is 0 Å². The van der Waals surface area contributed by atoms with E-state index < -0.39 is 5.60 Å². The topological polar surface area (TPSA) is 94.4 Å². The normalized spacial score (nSPS) is 23.2. The molecule has 45 heavy (non-hydrogen) atoms. The Morgan fingerprint density at radius 1 is 1.02 bits per heavy atom. The van der Waals surface area contributed by atoms with Crippen LogP contribution in [0, 0.1) is 11.3 Å². The van der Waals surface area contributed by atoms with Crippen molar-refractivity contribution in [1.82, 2.24) is 14.8 Å². The Morgan fingerprint density at radius 2 is 1.84 bits per heavy atom. The molecule has 6 rings (SSSR count). The summed E-state index contributed by atoms with van der Waals surface area (Å²) in [5.41, 5.74) is 4.20. The van der Waals surface area contributed by atoms with Gasteiger partial charge in [0.2, 0.25) is 0 Å². The van der Waals surface area contributed by atoms with Gasteiger partial charge in [0.05, 0.1) is 36.4 Å². The van der Waals surface area contributed by atoms with Crippen molar-refractivity contribution in [1.29, 1.82) is 5.26 Å². The van der Waals surface area contributed by atoms with Gasteiger partial charge in [-0.15, -0.1) is 0 Å². The van der Waals surface area contributed by atoms with Crippen LogP contribution in [0.25, 0.3) is 10.9 Å². The van der Waals surface area contributed by atoms with Gasteiger partial charge in [0, 0.05) is 75.3 Å². The number of nitrogens with zero attached hydrogens (tertiary/aromatic N) is 6. The first kappa shape index (κ1) is 31.1. The number of pyridine rings is 1. The zero-order chi connectivity index (χ0) is 31.6. The molecule has 10 heteroatoms. The molecule has 0 bridgehead atoms. The van der Waals surface area contributed by atoms with E-state index in [-0.39, 0.29) is 24.4 Å². The Bertz CT molecular complexity index is 1540. The molecular weight excluding hydrogens is 568 g/mol. The smallest absolute Gasteiger partial charge is 0.410 e. The van der Waals surface area contributed by atoms with Crippen LogP contribution in [-0.4, -0.2) is 104 Å². The van der Waals surface area contributed by atoms with Crippen molar-refractivity contribution < 1.29 is 19.0 Å². The fourth-order valence-electron chi connectivity index (χ4n) is 6.61. The van der Waals surface area contributed by atoms with Crippen LogP contribution in [0.1, 0.15) is 44.9 Å². The van der Waals surface area contributed by atoms with E-state index in [0.717, 1.165) is 68.0 Å². The van der Waals surface area contributed by atoms with Gasteiger partial charge >= 0.3 is 6.09 Å². The summed E-state index contributed by atoms with van der Waals surface area (Å²) in [6, 6.07) is 18.7. The van der Waals surface area contributed by atoms with Crippen LogP contribution in [0.2, 0.25) is 0 Å².